The van der Waals surface area contributed by atoms with Gasteiger partial charge < -0.3 is 20.5 Å². The van der Waals surface area contributed by atoms with Crippen LogP contribution in [0.15, 0.2) is 58.3 Å². The van der Waals surface area contributed by atoms with Crippen LogP contribution in [0.3, 0.4) is 0 Å². The Bertz CT molecular complexity index is 1400. The van der Waals surface area contributed by atoms with Gasteiger partial charge in [0.25, 0.3) is 0 Å². The van der Waals surface area contributed by atoms with Gasteiger partial charge in [0.15, 0.2) is 0 Å². The molecule has 17 heteroatoms. The van der Waals surface area contributed by atoms with E-state index in [4.69, 9.17) is 10.3 Å². The highest BCUT2D eigenvalue weighted by Gasteiger charge is 2.18. The molecule has 39 heavy (non-hydrogen) atoms. The van der Waals surface area contributed by atoms with E-state index >= 15 is 0 Å². The van der Waals surface area contributed by atoms with Gasteiger partial charge in [-0.15, -0.1) is 0 Å². The van der Waals surface area contributed by atoms with Crippen LogP contribution < -0.4 is 20.9 Å². The van der Waals surface area contributed by atoms with Crippen molar-refractivity contribution in [2.45, 2.75) is 9.79 Å². The molecule has 15 nitrogen and oxygen atoms in total. The fourth-order valence-electron chi connectivity index (χ4n) is 3.29. The number of nitrogens with zero attached hydrogens (tertiary/aromatic N) is 2. The Morgan fingerprint density at radius 1 is 0.718 bits per heavy atom. The number of anilines is 2. The largest absolute Gasteiger partial charge is 0.480 e. The molecular weight excluding hydrogens is 556 g/mol. The number of hydrogen-bond donors (Lipinski definition) is 5. The van der Waals surface area contributed by atoms with Gasteiger partial charge in [-0.2, -0.15) is 0 Å². The lowest BCUT2D eigenvalue weighted by molar-refractivity contribution is -0.138. The molecule has 2 aromatic rings. The molecule has 0 unspecified atom stereocenters. The summed E-state index contributed by atoms with van der Waals surface area (Å²) in [5.41, 5.74) is 0.554. The van der Waals surface area contributed by atoms with Gasteiger partial charge in [0, 0.05) is 24.5 Å². The van der Waals surface area contributed by atoms with E-state index in [1.807, 2.05) is 0 Å². The number of hydrogen-bond acceptors (Lipinski definition) is 10. The maximum Gasteiger partial charge on any atom is 0.317 e. The van der Waals surface area contributed by atoms with Crippen LogP contribution >= 0.6 is 0 Å². The summed E-state index contributed by atoms with van der Waals surface area (Å²) in [6.07, 6.45) is 0.563. The van der Waals surface area contributed by atoms with Crippen molar-refractivity contribution < 1.29 is 41.1 Å². The molecule has 0 saturated heterocycles. The molecule has 0 bridgehead atoms. The summed E-state index contributed by atoms with van der Waals surface area (Å²) in [7, 11) is -7.80. The van der Waals surface area contributed by atoms with Gasteiger partial charge in [-0.3, -0.25) is 24.2 Å². The Hall–Kier alpha value is -3.74. The second-order valence-corrected chi connectivity index (χ2v) is 11.4. The Morgan fingerprint density at radius 3 is 1.46 bits per heavy atom. The topological polar surface area (TPSA) is 239 Å². The molecule has 0 heterocycles. The van der Waals surface area contributed by atoms with Crippen molar-refractivity contribution in [1.82, 2.24) is 9.80 Å². The van der Waals surface area contributed by atoms with E-state index in [1.165, 1.54) is 58.3 Å². The fraction of sp³-hybridized carbons (Fsp3) is 0.273. The predicted molar refractivity (Wildman–Crippen MR) is 139 cm³/mol. The third-order valence-electron chi connectivity index (χ3n) is 5.09. The van der Waals surface area contributed by atoms with Crippen molar-refractivity contribution in [3.63, 3.8) is 0 Å². The first-order chi connectivity index (χ1) is 18.2. The van der Waals surface area contributed by atoms with Gasteiger partial charge in [0.05, 0.1) is 36.0 Å². The van der Waals surface area contributed by atoms with Gasteiger partial charge in [0.1, 0.15) is 6.29 Å². The zero-order valence-electron chi connectivity index (χ0n) is 20.5. The average Bonchev–Trinajstić information content (AvgIpc) is 2.81. The SMILES string of the molecule is NS(=O)(=O)c1ccc(NC(=O)CN(CC=O)CCN(CC(=O)O)CC(=O)Nc2ccc(S(N)(=O)=O)cc2)cc1. The van der Waals surface area contributed by atoms with Gasteiger partial charge in [-0.1, -0.05) is 0 Å². The summed E-state index contributed by atoms with van der Waals surface area (Å²) >= 11 is 0. The maximum atomic E-state index is 12.5. The fourth-order valence-corrected chi connectivity index (χ4v) is 4.32. The second-order valence-electron chi connectivity index (χ2n) is 8.24. The van der Waals surface area contributed by atoms with Crippen molar-refractivity contribution in [3.8, 4) is 0 Å². The normalized spacial score (nSPS) is 11.8. The minimum atomic E-state index is -3.91. The maximum absolute atomic E-state index is 12.5. The van der Waals surface area contributed by atoms with Gasteiger partial charge in [-0.25, -0.2) is 27.1 Å². The van der Waals surface area contributed by atoms with Crippen molar-refractivity contribution in [3.05, 3.63) is 48.5 Å². The molecule has 2 amide bonds. The number of aliphatic carboxylic acids is 1. The lowest BCUT2D eigenvalue weighted by atomic mass is 10.3. The molecule has 2 rings (SSSR count). The van der Waals surface area contributed by atoms with Crippen LogP contribution in [0.1, 0.15) is 0 Å². The summed E-state index contributed by atoms with van der Waals surface area (Å²) in [5.74, 6) is -2.31. The van der Waals surface area contributed by atoms with E-state index in [0.717, 1.165) is 0 Å². The Labute approximate surface area is 224 Å². The number of nitrogens with two attached hydrogens (primary N) is 2. The highest BCUT2D eigenvalue weighted by atomic mass is 32.2. The molecule has 7 N–H and O–H groups in total. The molecule has 0 aliphatic heterocycles. The van der Waals surface area contributed by atoms with Crippen molar-refractivity contribution in [1.29, 1.82) is 0 Å². The summed E-state index contributed by atoms with van der Waals surface area (Å²) in [6, 6.07) is 10.2. The van der Waals surface area contributed by atoms with Crippen LogP contribution in [-0.2, 0) is 39.2 Å². The molecule has 0 fully saturated rings. The summed E-state index contributed by atoms with van der Waals surface area (Å²) in [4.78, 5) is 49.8. The molecule has 0 aliphatic rings. The van der Waals surface area contributed by atoms with Gasteiger partial charge in [0.2, 0.25) is 31.9 Å². The lowest BCUT2D eigenvalue weighted by Gasteiger charge is -2.25. The van der Waals surface area contributed by atoms with Crippen molar-refractivity contribution in [2.24, 2.45) is 10.3 Å². The Balaban J connectivity index is 1.96. The number of carboxylic acids is 1. The molecule has 0 atom stereocenters. The molecule has 2 aromatic carbocycles. The van der Waals surface area contributed by atoms with E-state index in [-0.39, 0.29) is 48.2 Å². The standard InChI is InChI=1S/C22H28N6O9S2/c23-38(34,35)18-5-1-16(2-6-18)25-20(30)13-27(11-12-29)9-10-28(15-22(32)33)14-21(31)26-17-3-7-19(8-4-17)39(24,36)37/h1-8,12H,9-11,13-15H2,(H,25,30)(H,26,31)(H,32,33)(H2,23,34,35)(H2,24,36,37). The smallest absolute Gasteiger partial charge is 0.317 e. The van der Waals surface area contributed by atoms with E-state index in [1.54, 1.807) is 0 Å². The van der Waals surface area contributed by atoms with Crippen LogP contribution in [0.2, 0.25) is 0 Å². The predicted octanol–water partition coefficient (Wildman–Crippen LogP) is -1.55. The van der Waals surface area contributed by atoms with Crippen LogP contribution in [0, 0.1) is 0 Å². The molecule has 0 aromatic heterocycles. The van der Waals surface area contributed by atoms with Crippen molar-refractivity contribution >= 4 is 55.5 Å². The quantitative estimate of drug-likeness (QED) is 0.150. The first-order valence-electron chi connectivity index (χ1n) is 11.1. The number of carbonyl (C=O) groups excluding carboxylic acids is 3. The van der Waals surface area contributed by atoms with Crippen LogP contribution in [-0.4, -0.2) is 95.1 Å². The highest BCUT2D eigenvalue weighted by molar-refractivity contribution is 7.89. The minimum Gasteiger partial charge on any atom is -0.480 e. The first-order valence-corrected chi connectivity index (χ1v) is 14.2. The lowest BCUT2D eigenvalue weighted by Crippen LogP contribution is -2.44. The van der Waals surface area contributed by atoms with Gasteiger partial charge in [-0.05, 0) is 48.5 Å². The number of carbonyl (C=O) groups is 4. The van der Waals surface area contributed by atoms with Crippen LogP contribution in [0.25, 0.3) is 0 Å². The number of primary sulfonamides is 2. The van der Waals surface area contributed by atoms with E-state index in [9.17, 15) is 41.1 Å². The number of amides is 2. The average molecular weight is 585 g/mol. The number of rotatable bonds is 15. The molecule has 0 saturated carbocycles. The zero-order valence-corrected chi connectivity index (χ0v) is 22.2. The van der Waals surface area contributed by atoms with E-state index < -0.39 is 44.4 Å². The molecule has 0 radical (unpaired) electrons. The van der Waals surface area contributed by atoms with Crippen LogP contribution in [0.5, 0.6) is 0 Å². The first kappa shape index (κ1) is 31.5. The third-order valence-corrected chi connectivity index (χ3v) is 6.95. The van der Waals surface area contributed by atoms with E-state index in [2.05, 4.69) is 10.6 Å². The number of benzene rings is 2. The number of aldehydes is 1. The van der Waals surface area contributed by atoms with Crippen LogP contribution in [0.4, 0.5) is 11.4 Å². The van der Waals surface area contributed by atoms with E-state index in [0.29, 0.717) is 12.0 Å². The Morgan fingerprint density at radius 2 is 1.10 bits per heavy atom. The highest BCUT2D eigenvalue weighted by Crippen LogP contribution is 2.14. The summed E-state index contributed by atoms with van der Waals surface area (Å²) < 4.78 is 45.4. The molecule has 212 valence electrons. The minimum absolute atomic E-state index is 0.00819. The molecule has 0 spiro atoms. The molecular formula is C22H28N6O9S2. The number of sulfonamides is 2. The number of nitrogens with one attached hydrogen (secondary N) is 2. The summed E-state index contributed by atoms with van der Waals surface area (Å²) in [5, 5.41) is 24.4. The zero-order chi connectivity index (χ0) is 29.2. The molecule has 0 aliphatic carbocycles. The summed E-state index contributed by atoms with van der Waals surface area (Å²) in [6.45, 7) is -1.19. The van der Waals surface area contributed by atoms with Gasteiger partial charge >= 0.3 is 5.97 Å². The van der Waals surface area contributed by atoms with Crippen molar-refractivity contribution in [2.75, 3.05) is 49.9 Å². The second kappa shape index (κ2) is 13.9. The monoisotopic (exact) mass is 584 g/mol. The number of carboxylic acid groups (broad SMARTS) is 1. The third kappa shape index (κ3) is 11.3. The Kier molecular flexibility index (Phi) is 11.2.